The Hall–Kier alpha value is -1.83. The molecule has 2 aromatic rings. The fourth-order valence-electron chi connectivity index (χ4n) is 2.71. The number of allylic oxidation sites excluding steroid dienone is 1. The lowest BCUT2D eigenvalue weighted by atomic mass is 9.92. The topological polar surface area (TPSA) is 8.81 Å². The van der Waals surface area contributed by atoms with E-state index in [1.807, 2.05) is 6.08 Å². The Balaban J connectivity index is 2.50. The number of aromatic nitrogens is 2. The molecule has 2 nitrogen and oxygen atoms in total. The summed E-state index contributed by atoms with van der Waals surface area (Å²) >= 11 is 0. The van der Waals surface area contributed by atoms with Crippen LogP contribution in [0.15, 0.2) is 49.6 Å². The highest BCUT2D eigenvalue weighted by Gasteiger charge is 2.19. The molecule has 0 spiro atoms. The smallest absolute Gasteiger partial charge is 0.236 e. The van der Waals surface area contributed by atoms with E-state index in [4.69, 9.17) is 0 Å². The van der Waals surface area contributed by atoms with Crippen molar-refractivity contribution in [3.8, 4) is 5.69 Å². The predicted molar refractivity (Wildman–Crippen MR) is 89.0 cm³/mol. The Morgan fingerprint density at radius 2 is 1.76 bits per heavy atom. The van der Waals surface area contributed by atoms with Crippen LogP contribution in [-0.4, -0.2) is 4.57 Å². The van der Waals surface area contributed by atoms with E-state index in [2.05, 4.69) is 80.3 Å². The van der Waals surface area contributed by atoms with Crippen LogP contribution in [0.4, 0.5) is 0 Å². The fourth-order valence-corrected chi connectivity index (χ4v) is 2.71. The quantitative estimate of drug-likeness (QED) is 0.541. The molecule has 112 valence electrons. The van der Waals surface area contributed by atoms with Crippen molar-refractivity contribution in [3.63, 3.8) is 0 Å². The second kappa shape index (κ2) is 6.75. The number of benzene rings is 1. The van der Waals surface area contributed by atoms with Crippen LogP contribution in [0.3, 0.4) is 0 Å². The zero-order valence-corrected chi connectivity index (χ0v) is 13.7. The predicted octanol–water partition coefficient (Wildman–Crippen LogP) is 4.59. The number of nitrogens with zero attached hydrogens (tertiary/aromatic N) is 2. The molecule has 2 heteroatoms. The Labute approximate surface area is 128 Å². The zero-order valence-electron chi connectivity index (χ0n) is 13.7. The van der Waals surface area contributed by atoms with Gasteiger partial charge in [0.25, 0.3) is 0 Å². The largest absolute Gasteiger partial charge is 0.249 e. The Bertz CT molecular complexity index is 580. The maximum atomic E-state index is 3.80. The second-order valence-corrected chi connectivity index (χ2v) is 6.23. The molecule has 0 saturated heterocycles. The average molecular weight is 283 g/mol. The summed E-state index contributed by atoms with van der Waals surface area (Å²) in [7, 11) is 0. The molecular weight excluding hydrogens is 256 g/mol. The molecule has 21 heavy (non-hydrogen) atoms. The van der Waals surface area contributed by atoms with E-state index in [-0.39, 0.29) is 0 Å². The van der Waals surface area contributed by atoms with Crippen molar-refractivity contribution in [3.05, 3.63) is 60.7 Å². The minimum absolute atomic E-state index is 0.516. The lowest BCUT2D eigenvalue weighted by Crippen LogP contribution is -2.30. The lowest BCUT2D eigenvalue weighted by molar-refractivity contribution is -0.695. The summed E-state index contributed by atoms with van der Waals surface area (Å²) in [5.41, 5.74) is 4.17. The highest BCUT2D eigenvalue weighted by Crippen LogP contribution is 2.30. The van der Waals surface area contributed by atoms with Crippen LogP contribution < -0.4 is 4.57 Å². The minimum Gasteiger partial charge on any atom is -0.236 e. The number of hydrogen-bond donors (Lipinski definition) is 0. The number of hydrogen-bond acceptors (Lipinski definition) is 0. The monoisotopic (exact) mass is 283 g/mol. The molecular formula is C19H27N2+. The molecule has 0 fully saturated rings. The van der Waals surface area contributed by atoms with Gasteiger partial charge in [0.1, 0.15) is 18.1 Å². The van der Waals surface area contributed by atoms with Gasteiger partial charge in [-0.25, -0.2) is 9.13 Å². The van der Waals surface area contributed by atoms with Crippen molar-refractivity contribution < 1.29 is 4.57 Å². The average Bonchev–Trinajstić information content (AvgIpc) is 2.92. The van der Waals surface area contributed by atoms with Crippen LogP contribution >= 0.6 is 0 Å². The van der Waals surface area contributed by atoms with Gasteiger partial charge in [0.15, 0.2) is 0 Å². The molecule has 0 radical (unpaired) electrons. The summed E-state index contributed by atoms with van der Waals surface area (Å²) in [5, 5.41) is 0. The van der Waals surface area contributed by atoms with Gasteiger partial charge in [-0.05, 0) is 11.8 Å². The Morgan fingerprint density at radius 1 is 1.14 bits per heavy atom. The number of rotatable bonds is 6. The Morgan fingerprint density at radius 3 is 2.29 bits per heavy atom. The van der Waals surface area contributed by atoms with Crippen LogP contribution in [-0.2, 0) is 6.54 Å². The van der Waals surface area contributed by atoms with Gasteiger partial charge in [-0.3, -0.25) is 0 Å². The maximum Gasteiger partial charge on any atom is 0.249 e. The fraction of sp³-hybridized carbons (Fsp3) is 0.421. The summed E-state index contributed by atoms with van der Waals surface area (Å²) in [6.45, 7) is 13.8. The summed E-state index contributed by atoms with van der Waals surface area (Å²) in [5.74, 6) is 1.03. The molecule has 0 aliphatic rings. The lowest BCUT2D eigenvalue weighted by Gasteiger charge is -2.16. The number of aryl methyl sites for hydroxylation is 1. The molecule has 1 aromatic heterocycles. The van der Waals surface area contributed by atoms with Gasteiger partial charge in [-0.1, -0.05) is 52.0 Å². The third-order valence-corrected chi connectivity index (χ3v) is 3.88. The first-order valence-electron chi connectivity index (χ1n) is 7.85. The maximum absolute atomic E-state index is 3.80. The number of imidazole rings is 1. The second-order valence-electron chi connectivity index (χ2n) is 6.23. The zero-order chi connectivity index (χ0) is 15.4. The van der Waals surface area contributed by atoms with Crippen molar-refractivity contribution in [2.45, 2.75) is 52.5 Å². The summed E-state index contributed by atoms with van der Waals surface area (Å²) in [6.07, 6.45) is 9.46. The number of para-hydroxylation sites is 1. The van der Waals surface area contributed by atoms with Crippen LogP contribution in [0.5, 0.6) is 0 Å². The summed E-state index contributed by atoms with van der Waals surface area (Å²) in [4.78, 5) is 0. The van der Waals surface area contributed by atoms with Crippen molar-refractivity contribution in [1.29, 1.82) is 0 Å². The van der Waals surface area contributed by atoms with Gasteiger partial charge in [0, 0.05) is 17.5 Å². The molecule has 0 saturated carbocycles. The van der Waals surface area contributed by atoms with Gasteiger partial charge < -0.3 is 0 Å². The third kappa shape index (κ3) is 3.44. The highest BCUT2D eigenvalue weighted by molar-refractivity contribution is 5.50. The third-order valence-electron chi connectivity index (χ3n) is 3.88. The Kier molecular flexibility index (Phi) is 5.00. The molecule has 0 aliphatic heterocycles. The molecule has 2 rings (SSSR count). The highest BCUT2D eigenvalue weighted by atomic mass is 15.1. The summed E-state index contributed by atoms with van der Waals surface area (Å²) in [6, 6.07) is 6.68. The van der Waals surface area contributed by atoms with E-state index >= 15 is 0 Å². The van der Waals surface area contributed by atoms with Gasteiger partial charge in [-0.2, -0.15) is 0 Å². The van der Waals surface area contributed by atoms with Gasteiger partial charge in [-0.15, -0.1) is 6.58 Å². The van der Waals surface area contributed by atoms with Gasteiger partial charge in [0.05, 0.1) is 6.54 Å². The van der Waals surface area contributed by atoms with Crippen LogP contribution in [0.25, 0.3) is 5.69 Å². The normalized spacial score (nSPS) is 11.3. The van der Waals surface area contributed by atoms with E-state index < -0.39 is 0 Å². The molecule has 1 aromatic carbocycles. The van der Waals surface area contributed by atoms with Crippen LogP contribution in [0.1, 0.15) is 57.1 Å². The van der Waals surface area contributed by atoms with E-state index in [1.165, 1.54) is 16.8 Å². The standard InChI is InChI=1S/C19H27N2/c1-6-7-11-20-12-13-21(14-20)19-17(15(2)3)9-8-10-18(19)16(4)5/h6,8-10,12-16H,1,7,11H2,2-5H3/q+1. The molecule has 0 N–H and O–H groups in total. The van der Waals surface area contributed by atoms with Gasteiger partial charge in [0.2, 0.25) is 6.33 Å². The molecule has 1 heterocycles. The van der Waals surface area contributed by atoms with E-state index in [1.54, 1.807) is 0 Å². The molecule has 0 bridgehead atoms. The summed E-state index contributed by atoms with van der Waals surface area (Å²) < 4.78 is 4.50. The van der Waals surface area contributed by atoms with Crippen LogP contribution in [0.2, 0.25) is 0 Å². The molecule has 0 unspecified atom stereocenters. The van der Waals surface area contributed by atoms with Crippen molar-refractivity contribution >= 4 is 0 Å². The first-order valence-corrected chi connectivity index (χ1v) is 7.85. The van der Waals surface area contributed by atoms with E-state index in [0.29, 0.717) is 11.8 Å². The van der Waals surface area contributed by atoms with E-state index in [9.17, 15) is 0 Å². The molecule has 0 atom stereocenters. The SMILES string of the molecule is C=CCC[n+]1ccn(-c2c(C(C)C)cccc2C(C)C)c1. The first-order chi connectivity index (χ1) is 10.0. The van der Waals surface area contributed by atoms with Crippen molar-refractivity contribution in [2.24, 2.45) is 0 Å². The van der Waals surface area contributed by atoms with Crippen molar-refractivity contribution in [1.82, 2.24) is 4.57 Å². The first kappa shape index (κ1) is 15.6. The van der Waals surface area contributed by atoms with E-state index in [0.717, 1.165) is 13.0 Å². The van der Waals surface area contributed by atoms with Crippen molar-refractivity contribution in [2.75, 3.05) is 0 Å². The van der Waals surface area contributed by atoms with Gasteiger partial charge >= 0.3 is 0 Å². The minimum atomic E-state index is 0.516. The van der Waals surface area contributed by atoms with Crippen LogP contribution in [0, 0.1) is 0 Å². The molecule has 0 aliphatic carbocycles. The molecule has 0 amide bonds.